The topological polar surface area (TPSA) is 38.0 Å². The van der Waals surface area contributed by atoms with Crippen molar-refractivity contribution in [1.82, 2.24) is 5.32 Å². The van der Waals surface area contributed by atoms with Crippen LogP contribution in [0.2, 0.25) is 0 Å². The highest BCUT2D eigenvalue weighted by atomic mass is 79.9. The fourth-order valence-corrected chi connectivity index (χ4v) is 1.62. The molecule has 0 amide bonds. The minimum absolute atomic E-state index is 0.363. The van der Waals surface area contributed by atoms with Gasteiger partial charge in [-0.25, -0.2) is 0 Å². The average Bonchev–Trinajstić information content (AvgIpc) is 2.20. The molecule has 14 heavy (non-hydrogen) atoms. The Labute approximate surface area is 94.0 Å². The van der Waals surface area contributed by atoms with Gasteiger partial charge in [0.25, 0.3) is 0 Å². The van der Waals surface area contributed by atoms with E-state index in [1.54, 1.807) is 0 Å². The summed E-state index contributed by atoms with van der Waals surface area (Å²) in [4.78, 5) is 0. The van der Waals surface area contributed by atoms with Crippen LogP contribution in [0.25, 0.3) is 0 Å². The third-order valence-corrected chi connectivity index (χ3v) is 3.40. The van der Waals surface area contributed by atoms with E-state index in [4.69, 9.17) is 5.73 Å². The number of hydrogen-bond acceptors (Lipinski definition) is 2. The predicted molar refractivity (Wildman–Crippen MR) is 64.2 cm³/mol. The molecule has 1 atom stereocenters. The van der Waals surface area contributed by atoms with Crippen LogP contribution in [0.4, 0.5) is 0 Å². The first-order chi connectivity index (χ1) is 6.65. The highest BCUT2D eigenvalue weighted by Gasteiger charge is 2.03. The van der Waals surface area contributed by atoms with E-state index in [1.165, 1.54) is 15.6 Å². The molecule has 1 rings (SSSR count). The molecule has 0 fully saturated rings. The zero-order valence-electron chi connectivity index (χ0n) is 8.68. The SMILES string of the molecule is Cc1cccc(CNC(C)CN)c1Br. The molecule has 78 valence electrons. The van der Waals surface area contributed by atoms with E-state index in [-0.39, 0.29) is 0 Å². The van der Waals surface area contributed by atoms with Gasteiger partial charge in [-0.2, -0.15) is 0 Å². The van der Waals surface area contributed by atoms with E-state index in [0.717, 1.165) is 6.54 Å². The van der Waals surface area contributed by atoms with E-state index < -0.39 is 0 Å². The smallest absolute Gasteiger partial charge is 0.0249 e. The number of benzene rings is 1. The molecule has 0 saturated carbocycles. The molecule has 2 nitrogen and oxygen atoms in total. The molecule has 0 heterocycles. The van der Waals surface area contributed by atoms with Gasteiger partial charge in [-0.3, -0.25) is 0 Å². The van der Waals surface area contributed by atoms with Gasteiger partial charge in [-0.05, 0) is 25.0 Å². The Bertz CT molecular complexity index is 299. The van der Waals surface area contributed by atoms with Gasteiger partial charge >= 0.3 is 0 Å². The highest BCUT2D eigenvalue weighted by Crippen LogP contribution is 2.20. The third-order valence-electron chi connectivity index (χ3n) is 2.27. The van der Waals surface area contributed by atoms with E-state index in [0.29, 0.717) is 12.6 Å². The maximum atomic E-state index is 5.53. The standard InChI is InChI=1S/C11H17BrN2/c1-8-4-3-5-10(11(8)12)7-14-9(2)6-13/h3-5,9,14H,6-7,13H2,1-2H3. The Kier molecular flexibility index (Phi) is 4.58. The Morgan fingerprint density at radius 2 is 2.21 bits per heavy atom. The fraction of sp³-hybridized carbons (Fsp3) is 0.455. The molecule has 0 aliphatic carbocycles. The Balaban J connectivity index is 2.63. The van der Waals surface area contributed by atoms with E-state index in [1.807, 2.05) is 0 Å². The summed E-state index contributed by atoms with van der Waals surface area (Å²) >= 11 is 3.58. The number of halogens is 1. The van der Waals surface area contributed by atoms with Crippen molar-refractivity contribution in [2.45, 2.75) is 26.4 Å². The van der Waals surface area contributed by atoms with Crippen molar-refractivity contribution in [3.63, 3.8) is 0 Å². The highest BCUT2D eigenvalue weighted by molar-refractivity contribution is 9.10. The van der Waals surface area contributed by atoms with Crippen LogP contribution in [-0.2, 0) is 6.54 Å². The van der Waals surface area contributed by atoms with E-state index in [2.05, 4.69) is 53.3 Å². The number of hydrogen-bond donors (Lipinski definition) is 2. The summed E-state index contributed by atoms with van der Waals surface area (Å²) in [7, 11) is 0. The zero-order valence-corrected chi connectivity index (χ0v) is 10.3. The average molecular weight is 257 g/mol. The van der Waals surface area contributed by atoms with Crippen LogP contribution < -0.4 is 11.1 Å². The molecule has 1 aromatic rings. The summed E-state index contributed by atoms with van der Waals surface area (Å²) in [5.41, 5.74) is 8.08. The maximum Gasteiger partial charge on any atom is 0.0249 e. The van der Waals surface area contributed by atoms with Crippen molar-refractivity contribution in [3.8, 4) is 0 Å². The summed E-state index contributed by atoms with van der Waals surface area (Å²) in [5.74, 6) is 0. The first kappa shape index (κ1) is 11.7. The summed E-state index contributed by atoms with van der Waals surface area (Å²) in [5, 5.41) is 3.36. The first-order valence-electron chi connectivity index (χ1n) is 4.82. The monoisotopic (exact) mass is 256 g/mol. The van der Waals surface area contributed by atoms with Gasteiger partial charge in [0, 0.05) is 23.6 Å². The second-order valence-electron chi connectivity index (χ2n) is 3.57. The van der Waals surface area contributed by atoms with Gasteiger partial charge in [0.1, 0.15) is 0 Å². The van der Waals surface area contributed by atoms with Crippen LogP contribution in [-0.4, -0.2) is 12.6 Å². The number of aryl methyl sites for hydroxylation is 1. The van der Waals surface area contributed by atoms with Crippen molar-refractivity contribution in [3.05, 3.63) is 33.8 Å². The molecular formula is C11H17BrN2. The zero-order chi connectivity index (χ0) is 10.6. The van der Waals surface area contributed by atoms with Gasteiger partial charge in [0.05, 0.1) is 0 Å². The lowest BCUT2D eigenvalue weighted by molar-refractivity contribution is 0.555. The minimum Gasteiger partial charge on any atom is -0.329 e. The summed E-state index contributed by atoms with van der Waals surface area (Å²) in [6, 6.07) is 6.65. The molecule has 1 unspecified atom stereocenters. The van der Waals surface area contributed by atoms with Crippen molar-refractivity contribution < 1.29 is 0 Å². The third kappa shape index (κ3) is 3.08. The van der Waals surface area contributed by atoms with Gasteiger partial charge in [-0.15, -0.1) is 0 Å². The second kappa shape index (κ2) is 5.49. The lowest BCUT2D eigenvalue weighted by Gasteiger charge is -2.13. The molecule has 3 heteroatoms. The molecule has 0 aliphatic rings. The lowest BCUT2D eigenvalue weighted by Crippen LogP contribution is -2.32. The molecule has 0 radical (unpaired) electrons. The molecule has 0 aromatic heterocycles. The van der Waals surface area contributed by atoms with Crippen molar-refractivity contribution >= 4 is 15.9 Å². The normalized spacial score (nSPS) is 12.9. The van der Waals surface area contributed by atoms with Crippen LogP contribution in [0.3, 0.4) is 0 Å². The van der Waals surface area contributed by atoms with Crippen LogP contribution >= 0.6 is 15.9 Å². The van der Waals surface area contributed by atoms with Crippen molar-refractivity contribution in [2.75, 3.05) is 6.54 Å². The summed E-state index contributed by atoms with van der Waals surface area (Å²) in [6.07, 6.45) is 0. The molecule has 0 saturated heterocycles. The van der Waals surface area contributed by atoms with Crippen LogP contribution in [0, 0.1) is 6.92 Å². The first-order valence-corrected chi connectivity index (χ1v) is 5.62. The second-order valence-corrected chi connectivity index (χ2v) is 4.36. The van der Waals surface area contributed by atoms with Crippen LogP contribution in [0.1, 0.15) is 18.1 Å². The molecule has 0 bridgehead atoms. The molecule has 3 N–H and O–H groups in total. The molecule has 0 spiro atoms. The Morgan fingerprint density at radius 1 is 1.50 bits per heavy atom. The fourth-order valence-electron chi connectivity index (χ4n) is 1.21. The van der Waals surface area contributed by atoms with Gasteiger partial charge < -0.3 is 11.1 Å². The van der Waals surface area contributed by atoms with Crippen LogP contribution in [0.15, 0.2) is 22.7 Å². The summed E-state index contributed by atoms with van der Waals surface area (Å²) < 4.78 is 1.19. The summed E-state index contributed by atoms with van der Waals surface area (Å²) in [6.45, 7) is 5.72. The Hall–Kier alpha value is -0.380. The number of rotatable bonds is 4. The van der Waals surface area contributed by atoms with Gasteiger partial charge in [0.2, 0.25) is 0 Å². The largest absolute Gasteiger partial charge is 0.329 e. The van der Waals surface area contributed by atoms with E-state index in [9.17, 15) is 0 Å². The van der Waals surface area contributed by atoms with Crippen LogP contribution in [0.5, 0.6) is 0 Å². The number of nitrogens with two attached hydrogens (primary N) is 1. The van der Waals surface area contributed by atoms with Gasteiger partial charge in [-0.1, -0.05) is 34.1 Å². The number of nitrogens with one attached hydrogen (secondary N) is 1. The maximum absolute atomic E-state index is 5.53. The molecule has 0 aliphatic heterocycles. The molecular weight excluding hydrogens is 240 g/mol. The minimum atomic E-state index is 0.363. The van der Waals surface area contributed by atoms with Crippen molar-refractivity contribution in [1.29, 1.82) is 0 Å². The van der Waals surface area contributed by atoms with E-state index >= 15 is 0 Å². The Morgan fingerprint density at radius 3 is 2.86 bits per heavy atom. The van der Waals surface area contributed by atoms with Crippen molar-refractivity contribution in [2.24, 2.45) is 5.73 Å². The molecule has 1 aromatic carbocycles. The quantitative estimate of drug-likeness (QED) is 0.867. The lowest BCUT2D eigenvalue weighted by atomic mass is 10.1. The predicted octanol–water partition coefficient (Wildman–Crippen LogP) is 2.19. The van der Waals surface area contributed by atoms with Gasteiger partial charge in [0.15, 0.2) is 0 Å².